The summed E-state index contributed by atoms with van der Waals surface area (Å²) < 4.78 is 12.0. The van der Waals surface area contributed by atoms with E-state index in [1.807, 2.05) is 9.80 Å². The Morgan fingerprint density at radius 2 is 0.903 bits per heavy atom. The molecule has 0 radical (unpaired) electrons. The number of hydrogen-bond acceptors (Lipinski definition) is 10. The molecule has 0 saturated heterocycles. The molecule has 2 aromatic carbocycles. The Labute approximate surface area is 366 Å². The van der Waals surface area contributed by atoms with Crippen LogP contribution in [0.4, 0.5) is 0 Å². The second kappa shape index (κ2) is 20.0. The van der Waals surface area contributed by atoms with Gasteiger partial charge in [-0.2, -0.15) is 0 Å². The largest absolute Gasteiger partial charge is 0.449 e. The van der Waals surface area contributed by atoms with Crippen molar-refractivity contribution >= 4 is 35.3 Å². The molecule has 2 aliphatic heterocycles. The number of ether oxygens (including phenoxy) is 2. The molecule has 0 spiro atoms. The average molecular weight is 851 g/mol. The quantitative estimate of drug-likeness (QED) is 0.181. The number of ketones is 2. The SMILES string of the molecule is O=C1CCC(CNCC(=O)N2CCc3ccccc3C2C2CCCCC2)(OC(=O)C(=O)OC2(CNCC(=O)N3CCc4ccccc4C3C3CCCCC3)CCC(=O)CC2)CC1. The monoisotopic (exact) mass is 850 g/mol. The van der Waals surface area contributed by atoms with Crippen LogP contribution in [-0.2, 0) is 51.1 Å². The molecule has 2 unspecified atom stereocenters. The fraction of sp³-hybridized carbons (Fsp3) is 0.640. The van der Waals surface area contributed by atoms with Gasteiger partial charge in [0.25, 0.3) is 0 Å². The molecule has 4 saturated carbocycles. The fourth-order valence-corrected chi connectivity index (χ4v) is 11.7. The van der Waals surface area contributed by atoms with Crippen LogP contribution >= 0.6 is 0 Å². The van der Waals surface area contributed by atoms with Crippen molar-refractivity contribution in [2.24, 2.45) is 11.8 Å². The first-order chi connectivity index (χ1) is 30.1. The van der Waals surface area contributed by atoms with Crippen LogP contribution in [0.25, 0.3) is 0 Å². The Balaban J connectivity index is 0.891. The van der Waals surface area contributed by atoms with Crippen molar-refractivity contribution in [3.05, 3.63) is 70.8 Å². The van der Waals surface area contributed by atoms with Gasteiger partial charge in [-0.15, -0.1) is 0 Å². The maximum absolute atomic E-state index is 14.0. The number of esters is 2. The molecular weight excluding hydrogens is 785 g/mol. The van der Waals surface area contributed by atoms with Crippen LogP contribution < -0.4 is 10.6 Å². The van der Waals surface area contributed by atoms with Gasteiger partial charge in [0, 0.05) is 51.9 Å². The molecule has 0 bridgehead atoms. The third kappa shape index (κ3) is 10.2. The van der Waals surface area contributed by atoms with Gasteiger partial charge in [-0.1, -0.05) is 87.1 Å². The molecule has 334 valence electrons. The van der Waals surface area contributed by atoms with Gasteiger partial charge < -0.3 is 29.9 Å². The van der Waals surface area contributed by atoms with Gasteiger partial charge in [-0.25, -0.2) is 9.59 Å². The molecule has 6 aliphatic rings. The Bertz CT molecular complexity index is 1810. The summed E-state index contributed by atoms with van der Waals surface area (Å²) in [5.74, 6) is -1.42. The van der Waals surface area contributed by atoms with Gasteiger partial charge in [0.15, 0.2) is 0 Å². The number of carbonyl (C=O) groups is 6. The van der Waals surface area contributed by atoms with E-state index < -0.39 is 23.1 Å². The van der Waals surface area contributed by atoms with E-state index in [4.69, 9.17) is 9.47 Å². The summed E-state index contributed by atoms with van der Waals surface area (Å²) in [7, 11) is 0. The Hall–Kier alpha value is -4.42. The minimum Gasteiger partial charge on any atom is -0.449 e. The lowest BCUT2D eigenvalue weighted by atomic mass is 9.77. The standard InChI is InChI=1S/C50H66N4O8/c55-39-19-25-49(26-20-39,33-51-31-43(57)53-29-23-35-11-7-9-17-41(35)45(53)37-13-3-1-4-14-37)61-47(59)48(60)62-50(27-21-40(56)22-28-50)34-52-32-44(58)54-30-24-36-12-8-10-18-42(36)46(54)38-15-5-2-6-16-38/h7-12,17-18,37-38,45-46,51-52H,1-6,13-16,19-34H2. The lowest BCUT2D eigenvalue weighted by Gasteiger charge is -2.43. The van der Waals surface area contributed by atoms with Crippen LogP contribution in [0.3, 0.4) is 0 Å². The Morgan fingerprint density at radius 3 is 1.29 bits per heavy atom. The molecule has 2 atom stereocenters. The van der Waals surface area contributed by atoms with E-state index >= 15 is 0 Å². The zero-order valence-electron chi connectivity index (χ0n) is 36.5. The van der Waals surface area contributed by atoms with Gasteiger partial charge in [-0.05, 0) is 98.3 Å². The van der Waals surface area contributed by atoms with Crippen molar-refractivity contribution in [3.8, 4) is 0 Å². The minimum absolute atomic E-state index is 0.0165. The molecule has 12 heteroatoms. The van der Waals surface area contributed by atoms with Crippen LogP contribution in [-0.4, -0.2) is 95.6 Å². The number of benzene rings is 2. The van der Waals surface area contributed by atoms with E-state index in [0.29, 0.717) is 24.9 Å². The number of fused-ring (bicyclic) bond motifs is 2. The normalized spacial score (nSPS) is 24.1. The van der Waals surface area contributed by atoms with Crippen LogP contribution in [0.5, 0.6) is 0 Å². The van der Waals surface area contributed by atoms with E-state index in [-0.39, 0.29) is 113 Å². The number of hydrogen-bond donors (Lipinski definition) is 2. The number of amides is 2. The van der Waals surface area contributed by atoms with E-state index in [1.165, 1.54) is 60.8 Å². The summed E-state index contributed by atoms with van der Waals surface area (Å²) in [5.41, 5.74) is 2.75. The first kappa shape index (κ1) is 44.2. The molecule has 4 aliphatic carbocycles. The molecule has 2 amide bonds. The summed E-state index contributed by atoms with van der Waals surface area (Å²) >= 11 is 0. The van der Waals surface area contributed by atoms with Crippen LogP contribution in [0, 0.1) is 11.8 Å². The number of Topliss-reactive ketones (excluding diaryl/α,β-unsaturated/α-hetero) is 2. The zero-order chi connectivity index (χ0) is 43.1. The van der Waals surface area contributed by atoms with Crippen LogP contribution in [0.2, 0.25) is 0 Å². The predicted molar refractivity (Wildman–Crippen MR) is 233 cm³/mol. The van der Waals surface area contributed by atoms with E-state index in [2.05, 4.69) is 59.2 Å². The summed E-state index contributed by atoms with van der Waals surface area (Å²) in [6, 6.07) is 17.0. The molecule has 62 heavy (non-hydrogen) atoms. The number of nitrogens with one attached hydrogen (secondary N) is 2. The number of nitrogens with zero attached hydrogens (tertiary/aromatic N) is 2. The second-order valence-corrected chi connectivity index (χ2v) is 19.2. The highest BCUT2D eigenvalue weighted by molar-refractivity contribution is 6.30. The maximum atomic E-state index is 14.0. The highest BCUT2D eigenvalue weighted by atomic mass is 16.6. The Morgan fingerprint density at radius 1 is 0.532 bits per heavy atom. The maximum Gasteiger partial charge on any atom is 0.418 e. The molecule has 8 rings (SSSR count). The van der Waals surface area contributed by atoms with Crippen molar-refractivity contribution in [1.82, 2.24) is 20.4 Å². The highest BCUT2D eigenvalue weighted by Gasteiger charge is 2.45. The summed E-state index contributed by atoms with van der Waals surface area (Å²) in [6.07, 6.45) is 14.8. The molecule has 2 aromatic rings. The van der Waals surface area contributed by atoms with Crippen molar-refractivity contribution in [1.29, 1.82) is 0 Å². The van der Waals surface area contributed by atoms with Gasteiger partial charge in [0.05, 0.1) is 25.2 Å². The molecule has 0 aromatic heterocycles. The molecular formula is C50H66N4O8. The van der Waals surface area contributed by atoms with E-state index in [9.17, 15) is 28.8 Å². The molecule has 12 nitrogen and oxygen atoms in total. The van der Waals surface area contributed by atoms with Gasteiger partial charge in [0.1, 0.15) is 22.8 Å². The summed E-state index contributed by atoms with van der Waals surface area (Å²) in [6.45, 7) is 1.57. The predicted octanol–water partition coefficient (Wildman–Crippen LogP) is 6.43. The van der Waals surface area contributed by atoms with Crippen molar-refractivity contribution < 1.29 is 38.2 Å². The number of carbonyl (C=O) groups excluding carboxylic acids is 6. The average Bonchev–Trinajstić information content (AvgIpc) is 3.30. The van der Waals surface area contributed by atoms with Gasteiger partial charge >= 0.3 is 11.9 Å². The highest BCUT2D eigenvalue weighted by Crippen LogP contribution is 2.44. The Kier molecular flexibility index (Phi) is 14.2. The number of rotatable bonds is 12. The third-order valence-corrected chi connectivity index (χ3v) is 15.2. The minimum atomic E-state index is -1.18. The van der Waals surface area contributed by atoms with Crippen molar-refractivity contribution in [3.63, 3.8) is 0 Å². The first-order valence-electron chi connectivity index (χ1n) is 23.8. The summed E-state index contributed by atoms with van der Waals surface area (Å²) in [4.78, 5) is 84.3. The summed E-state index contributed by atoms with van der Waals surface area (Å²) in [5, 5.41) is 6.55. The molecule has 2 N–H and O–H groups in total. The van der Waals surface area contributed by atoms with E-state index in [1.54, 1.807) is 0 Å². The van der Waals surface area contributed by atoms with Crippen molar-refractivity contribution in [2.45, 2.75) is 152 Å². The fourth-order valence-electron chi connectivity index (χ4n) is 11.7. The van der Waals surface area contributed by atoms with Crippen LogP contribution in [0.15, 0.2) is 48.5 Å². The molecule has 4 fully saturated rings. The molecule has 2 heterocycles. The third-order valence-electron chi connectivity index (χ3n) is 15.2. The first-order valence-corrected chi connectivity index (χ1v) is 23.8. The second-order valence-electron chi connectivity index (χ2n) is 19.2. The van der Waals surface area contributed by atoms with E-state index in [0.717, 1.165) is 38.5 Å². The van der Waals surface area contributed by atoms with Gasteiger partial charge in [-0.3, -0.25) is 19.2 Å². The lowest BCUT2D eigenvalue weighted by Crippen LogP contribution is -2.53. The van der Waals surface area contributed by atoms with Crippen molar-refractivity contribution in [2.75, 3.05) is 39.3 Å². The van der Waals surface area contributed by atoms with Crippen LogP contribution in [0.1, 0.15) is 150 Å². The van der Waals surface area contributed by atoms with Gasteiger partial charge in [0.2, 0.25) is 11.8 Å². The zero-order valence-corrected chi connectivity index (χ0v) is 36.5. The lowest BCUT2D eigenvalue weighted by molar-refractivity contribution is -0.189. The smallest absolute Gasteiger partial charge is 0.418 e. The topological polar surface area (TPSA) is 151 Å².